The molecule has 2 rings (SSSR count). The Hall–Kier alpha value is -3.04. The smallest absolute Gasteiger partial charge is 0.416 e. The molecule has 29 heavy (non-hydrogen) atoms. The van der Waals surface area contributed by atoms with Crippen molar-refractivity contribution < 1.29 is 40.7 Å². The zero-order valence-electron chi connectivity index (χ0n) is 14.9. The standard InChI is InChI=1S/C19H15F6NO3/c1-29-17(28)15(10-12-4-2-3-5-14(12)19(23,24)25)26-16(27)11-6-8-13(9-7-11)18(20,21)22/h2-9,15H,10H2,1H3,(H,26,27)/t15-/m0/s1. The fourth-order valence-electron chi connectivity index (χ4n) is 2.58. The van der Waals surface area contributed by atoms with Crippen LogP contribution in [0.25, 0.3) is 0 Å². The predicted molar refractivity (Wildman–Crippen MR) is 89.9 cm³/mol. The zero-order valence-corrected chi connectivity index (χ0v) is 14.9. The Bertz CT molecular complexity index is 875. The van der Waals surface area contributed by atoms with E-state index in [0.717, 1.165) is 31.4 Å². The van der Waals surface area contributed by atoms with Crippen molar-refractivity contribution >= 4 is 11.9 Å². The van der Waals surface area contributed by atoms with E-state index in [-0.39, 0.29) is 11.1 Å². The molecule has 0 aliphatic rings. The molecule has 0 saturated carbocycles. The molecule has 2 aromatic carbocycles. The second kappa shape index (κ2) is 8.54. The van der Waals surface area contributed by atoms with Crippen LogP contribution in [0.5, 0.6) is 0 Å². The van der Waals surface area contributed by atoms with Crippen molar-refractivity contribution in [2.45, 2.75) is 24.8 Å². The predicted octanol–water partition coefficient (Wildman–Crippen LogP) is 4.24. The second-order valence-corrected chi connectivity index (χ2v) is 5.98. The van der Waals surface area contributed by atoms with Gasteiger partial charge in [0.1, 0.15) is 6.04 Å². The first-order valence-corrected chi connectivity index (χ1v) is 8.14. The SMILES string of the molecule is COC(=O)[C@H](Cc1ccccc1C(F)(F)F)NC(=O)c1ccc(C(F)(F)F)cc1. The molecule has 0 spiro atoms. The number of ether oxygens (including phenoxy) is 1. The highest BCUT2D eigenvalue weighted by Crippen LogP contribution is 2.32. The summed E-state index contributed by atoms with van der Waals surface area (Å²) in [5.74, 6) is -1.93. The maximum absolute atomic E-state index is 13.1. The number of methoxy groups -OCH3 is 1. The summed E-state index contributed by atoms with van der Waals surface area (Å²) >= 11 is 0. The summed E-state index contributed by atoms with van der Waals surface area (Å²) in [7, 11) is 0.995. The molecular formula is C19H15F6NO3. The molecule has 0 heterocycles. The molecule has 0 aliphatic carbocycles. The highest BCUT2D eigenvalue weighted by molar-refractivity contribution is 5.96. The Balaban J connectivity index is 2.24. The van der Waals surface area contributed by atoms with Gasteiger partial charge in [-0.25, -0.2) is 4.79 Å². The number of nitrogens with one attached hydrogen (secondary N) is 1. The van der Waals surface area contributed by atoms with Crippen LogP contribution in [-0.2, 0) is 28.3 Å². The minimum absolute atomic E-state index is 0.198. The number of esters is 1. The highest BCUT2D eigenvalue weighted by Gasteiger charge is 2.35. The van der Waals surface area contributed by atoms with Crippen LogP contribution in [0.15, 0.2) is 48.5 Å². The number of carbonyl (C=O) groups excluding carboxylic acids is 2. The van der Waals surface area contributed by atoms with Gasteiger partial charge in [-0.2, -0.15) is 26.3 Å². The molecule has 156 valence electrons. The molecule has 10 heteroatoms. The van der Waals surface area contributed by atoms with E-state index in [0.29, 0.717) is 12.1 Å². The van der Waals surface area contributed by atoms with Gasteiger partial charge < -0.3 is 10.1 Å². The minimum atomic E-state index is -4.67. The number of benzene rings is 2. The number of hydrogen-bond acceptors (Lipinski definition) is 3. The molecule has 0 aromatic heterocycles. The molecule has 0 aliphatic heterocycles. The van der Waals surface area contributed by atoms with Gasteiger partial charge in [-0.3, -0.25) is 4.79 Å². The van der Waals surface area contributed by atoms with E-state index >= 15 is 0 Å². The molecule has 0 fully saturated rings. The van der Waals surface area contributed by atoms with Crippen LogP contribution in [0.2, 0.25) is 0 Å². The zero-order chi connectivity index (χ0) is 21.8. The Kier molecular flexibility index (Phi) is 6.55. The van der Waals surface area contributed by atoms with Crippen LogP contribution in [-0.4, -0.2) is 25.0 Å². The van der Waals surface area contributed by atoms with E-state index in [4.69, 9.17) is 0 Å². The molecule has 1 N–H and O–H groups in total. The quantitative estimate of drug-likeness (QED) is 0.583. The highest BCUT2D eigenvalue weighted by atomic mass is 19.4. The van der Waals surface area contributed by atoms with Crippen LogP contribution < -0.4 is 5.32 Å². The fourth-order valence-corrected chi connectivity index (χ4v) is 2.58. The first-order chi connectivity index (χ1) is 13.4. The lowest BCUT2D eigenvalue weighted by Crippen LogP contribution is -2.43. The van der Waals surface area contributed by atoms with Crippen molar-refractivity contribution in [1.82, 2.24) is 5.32 Å². The summed E-state index contributed by atoms with van der Waals surface area (Å²) in [5.41, 5.74) is -2.39. The van der Waals surface area contributed by atoms with Crippen LogP contribution in [0.3, 0.4) is 0 Å². The minimum Gasteiger partial charge on any atom is -0.467 e. The summed E-state index contributed by atoms with van der Waals surface area (Å²) in [6, 6.07) is 6.20. The van der Waals surface area contributed by atoms with Crippen LogP contribution in [0, 0.1) is 0 Å². The van der Waals surface area contributed by atoms with Gasteiger partial charge in [0.15, 0.2) is 0 Å². The molecular weight excluding hydrogens is 404 g/mol. The third kappa shape index (κ3) is 5.72. The van der Waals surface area contributed by atoms with E-state index in [2.05, 4.69) is 10.1 Å². The van der Waals surface area contributed by atoms with Crippen molar-refractivity contribution in [1.29, 1.82) is 0 Å². The number of alkyl halides is 6. The van der Waals surface area contributed by atoms with Gasteiger partial charge in [-0.05, 0) is 35.9 Å². The van der Waals surface area contributed by atoms with Crippen molar-refractivity contribution in [3.63, 3.8) is 0 Å². The molecule has 1 amide bonds. The first-order valence-electron chi connectivity index (χ1n) is 8.14. The van der Waals surface area contributed by atoms with E-state index in [9.17, 15) is 35.9 Å². The van der Waals surface area contributed by atoms with E-state index < -0.39 is 47.8 Å². The van der Waals surface area contributed by atoms with Gasteiger partial charge >= 0.3 is 18.3 Å². The molecule has 4 nitrogen and oxygen atoms in total. The van der Waals surface area contributed by atoms with Crippen LogP contribution in [0.1, 0.15) is 27.0 Å². The number of carbonyl (C=O) groups is 2. The van der Waals surface area contributed by atoms with Crippen molar-refractivity contribution in [3.8, 4) is 0 Å². The molecule has 0 saturated heterocycles. The van der Waals surface area contributed by atoms with Crippen LogP contribution in [0.4, 0.5) is 26.3 Å². The van der Waals surface area contributed by atoms with Gasteiger partial charge in [-0.15, -0.1) is 0 Å². The van der Waals surface area contributed by atoms with E-state index in [1.165, 1.54) is 12.1 Å². The third-order valence-corrected chi connectivity index (χ3v) is 4.01. The molecule has 0 bridgehead atoms. The number of halogens is 6. The van der Waals surface area contributed by atoms with Gasteiger partial charge in [-0.1, -0.05) is 18.2 Å². The van der Waals surface area contributed by atoms with E-state index in [1.54, 1.807) is 0 Å². The average Bonchev–Trinajstić information content (AvgIpc) is 2.65. The maximum Gasteiger partial charge on any atom is 0.416 e. The van der Waals surface area contributed by atoms with Gasteiger partial charge in [0, 0.05) is 12.0 Å². The second-order valence-electron chi connectivity index (χ2n) is 5.98. The first kappa shape index (κ1) is 22.3. The van der Waals surface area contributed by atoms with Gasteiger partial charge in [0.05, 0.1) is 18.2 Å². The normalized spacial score (nSPS) is 12.9. The van der Waals surface area contributed by atoms with Gasteiger partial charge in [0.25, 0.3) is 5.91 Å². The Morgan fingerprint density at radius 3 is 2.03 bits per heavy atom. The number of amides is 1. The van der Waals surface area contributed by atoms with E-state index in [1.807, 2.05) is 0 Å². The lowest BCUT2D eigenvalue weighted by molar-refractivity contribution is -0.144. The third-order valence-electron chi connectivity index (χ3n) is 4.01. The maximum atomic E-state index is 13.1. The lowest BCUT2D eigenvalue weighted by atomic mass is 9.99. The largest absolute Gasteiger partial charge is 0.467 e. The lowest BCUT2D eigenvalue weighted by Gasteiger charge is -2.19. The Morgan fingerprint density at radius 2 is 1.52 bits per heavy atom. The summed E-state index contributed by atoms with van der Waals surface area (Å²) < 4.78 is 81.8. The summed E-state index contributed by atoms with van der Waals surface area (Å²) in [4.78, 5) is 24.2. The monoisotopic (exact) mass is 419 g/mol. The van der Waals surface area contributed by atoms with Crippen molar-refractivity contribution in [2.24, 2.45) is 0 Å². The molecule has 2 aromatic rings. The summed E-state index contributed by atoms with van der Waals surface area (Å²) in [6.07, 6.45) is -9.78. The number of hydrogen-bond donors (Lipinski definition) is 1. The van der Waals surface area contributed by atoms with Gasteiger partial charge in [0.2, 0.25) is 0 Å². The fraction of sp³-hybridized carbons (Fsp3) is 0.263. The Morgan fingerprint density at radius 1 is 0.931 bits per heavy atom. The summed E-state index contributed by atoms with van der Waals surface area (Å²) in [5, 5.41) is 2.21. The van der Waals surface area contributed by atoms with Crippen LogP contribution >= 0.6 is 0 Å². The molecule has 1 atom stereocenters. The Labute approximate surface area is 161 Å². The average molecular weight is 419 g/mol. The summed E-state index contributed by atoms with van der Waals surface area (Å²) in [6.45, 7) is 0. The molecule has 0 radical (unpaired) electrons. The van der Waals surface area contributed by atoms with Crippen molar-refractivity contribution in [3.05, 3.63) is 70.8 Å². The molecule has 0 unspecified atom stereocenters. The van der Waals surface area contributed by atoms with Crippen molar-refractivity contribution in [2.75, 3.05) is 7.11 Å². The topological polar surface area (TPSA) is 55.4 Å². The number of rotatable bonds is 5.